The van der Waals surface area contributed by atoms with E-state index in [-0.39, 0.29) is 30.3 Å². The third-order valence-electron chi connectivity index (χ3n) is 2.91. The number of ether oxygens (including phenoxy) is 1. The average molecular weight is 227 g/mol. The van der Waals surface area contributed by atoms with Crippen LogP contribution in [0, 0.1) is 11.3 Å². The van der Waals surface area contributed by atoms with Gasteiger partial charge in [0.05, 0.1) is 6.54 Å². The summed E-state index contributed by atoms with van der Waals surface area (Å²) in [6.07, 6.45) is 0.526. The first-order chi connectivity index (χ1) is 7.32. The number of nitrogens with one attached hydrogen (secondary N) is 1. The molecule has 92 valence electrons. The quantitative estimate of drug-likeness (QED) is 0.786. The highest BCUT2D eigenvalue weighted by molar-refractivity contribution is 5.90. The molecule has 4 heteroatoms. The minimum absolute atomic E-state index is 0.0338. The molecule has 0 aromatic rings. The van der Waals surface area contributed by atoms with Crippen molar-refractivity contribution in [3.8, 4) is 0 Å². The van der Waals surface area contributed by atoms with Crippen LogP contribution in [0.1, 0.15) is 34.1 Å². The first kappa shape index (κ1) is 13.2. The van der Waals surface area contributed by atoms with Crippen molar-refractivity contribution in [2.75, 3.05) is 13.2 Å². The van der Waals surface area contributed by atoms with E-state index in [1.807, 2.05) is 27.7 Å². The predicted octanol–water partition coefficient (Wildman–Crippen LogP) is 1.14. The molecule has 1 N–H and O–H groups in total. The molecule has 2 atom stereocenters. The van der Waals surface area contributed by atoms with Crippen LogP contribution in [0.25, 0.3) is 0 Å². The van der Waals surface area contributed by atoms with Crippen LogP contribution in [0.3, 0.4) is 0 Å². The highest BCUT2D eigenvalue weighted by atomic mass is 16.5. The van der Waals surface area contributed by atoms with E-state index in [1.165, 1.54) is 0 Å². The van der Waals surface area contributed by atoms with Gasteiger partial charge < -0.3 is 10.1 Å². The Morgan fingerprint density at radius 1 is 1.38 bits per heavy atom. The Bertz CT molecular complexity index is 280. The van der Waals surface area contributed by atoms with Gasteiger partial charge in [-0.25, -0.2) is 0 Å². The van der Waals surface area contributed by atoms with Crippen LogP contribution in [-0.2, 0) is 14.3 Å². The lowest BCUT2D eigenvalue weighted by atomic mass is 9.91. The summed E-state index contributed by atoms with van der Waals surface area (Å²) in [6.45, 7) is 8.24. The Labute approximate surface area is 96.7 Å². The van der Waals surface area contributed by atoms with E-state index in [0.29, 0.717) is 6.61 Å². The van der Waals surface area contributed by atoms with Gasteiger partial charge in [0.25, 0.3) is 0 Å². The lowest BCUT2D eigenvalue weighted by Gasteiger charge is -2.19. The molecule has 4 nitrogen and oxygen atoms in total. The summed E-state index contributed by atoms with van der Waals surface area (Å²) in [4.78, 5) is 23.3. The van der Waals surface area contributed by atoms with Crippen LogP contribution in [-0.4, -0.2) is 30.9 Å². The maximum Gasteiger partial charge on any atom is 0.249 e. The average Bonchev–Trinajstić information content (AvgIpc) is 2.58. The Hall–Kier alpha value is -0.900. The largest absolute Gasteiger partial charge is 0.368 e. The second kappa shape index (κ2) is 4.95. The zero-order valence-corrected chi connectivity index (χ0v) is 10.5. The number of hydrogen-bond donors (Lipinski definition) is 1. The van der Waals surface area contributed by atoms with Crippen molar-refractivity contribution in [2.45, 2.75) is 40.2 Å². The lowest BCUT2D eigenvalue weighted by Crippen LogP contribution is -2.42. The fourth-order valence-electron chi connectivity index (χ4n) is 1.56. The van der Waals surface area contributed by atoms with Gasteiger partial charge in [0.1, 0.15) is 6.10 Å². The van der Waals surface area contributed by atoms with Crippen molar-refractivity contribution in [3.63, 3.8) is 0 Å². The first-order valence-electron chi connectivity index (χ1n) is 5.75. The molecule has 1 amide bonds. The molecule has 1 aliphatic rings. The van der Waals surface area contributed by atoms with Crippen LogP contribution in [0.2, 0.25) is 0 Å². The van der Waals surface area contributed by atoms with Gasteiger partial charge in [0, 0.05) is 12.0 Å². The molecule has 0 aliphatic carbocycles. The highest BCUT2D eigenvalue weighted by Gasteiger charge is 2.31. The highest BCUT2D eigenvalue weighted by Crippen LogP contribution is 2.20. The molecule has 0 radical (unpaired) electrons. The minimum atomic E-state index is -0.407. The van der Waals surface area contributed by atoms with Crippen LogP contribution >= 0.6 is 0 Å². The van der Waals surface area contributed by atoms with E-state index in [9.17, 15) is 9.59 Å². The summed E-state index contributed by atoms with van der Waals surface area (Å²) < 4.78 is 5.32. The SMILES string of the molecule is CC1CCOC1C(=O)NCC(=O)C(C)(C)C. The summed E-state index contributed by atoms with van der Waals surface area (Å²) in [7, 11) is 0. The van der Waals surface area contributed by atoms with E-state index < -0.39 is 5.41 Å². The number of carbonyl (C=O) groups is 2. The molecule has 16 heavy (non-hydrogen) atoms. The van der Waals surface area contributed by atoms with Crippen molar-refractivity contribution < 1.29 is 14.3 Å². The molecule has 0 saturated carbocycles. The predicted molar refractivity (Wildman–Crippen MR) is 61.0 cm³/mol. The third-order valence-corrected chi connectivity index (χ3v) is 2.91. The van der Waals surface area contributed by atoms with Crippen LogP contribution in [0.4, 0.5) is 0 Å². The van der Waals surface area contributed by atoms with Crippen molar-refractivity contribution >= 4 is 11.7 Å². The number of hydrogen-bond acceptors (Lipinski definition) is 3. The number of Topliss-reactive ketones (excluding diaryl/α,β-unsaturated/α-hetero) is 1. The molecule has 0 aromatic heterocycles. The Balaban J connectivity index is 2.38. The zero-order valence-electron chi connectivity index (χ0n) is 10.5. The molecular weight excluding hydrogens is 206 g/mol. The molecule has 0 aromatic carbocycles. The number of rotatable bonds is 3. The molecule has 1 rings (SSSR count). The molecule has 1 aliphatic heterocycles. The molecule has 0 bridgehead atoms. The third kappa shape index (κ3) is 3.30. The summed E-state index contributed by atoms with van der Waals surface area (Å²) >= 11 is 0. The fourth-order valence-corrected chi connectivity index (χ4v) is 1.56. The number of ketones is 1. The van der Waals surface area contributed by atoms with Crippen LogP contribution in [0.5, 0.6) is 0 Å². The normalized spacial score (nSPS) is 25.5. The van der Waals surface area contributed by atoms with E-state index >= 15 is 0 Å². The maximum atomic E-state index is 11.7. The van der Waals surface area contributed by atoms with Gasteiger partial charge in [-0.05, 0) is 12.3 Å². The van der Waals surface area contributed by atoms with Gasteiger partial charge in [-0.1, -0.05) is 27.7 Å². The van der Waals surface area contributed by atoms with E-state index in [0.717, 1.165) is 6.42 Å². The van der Waals surface area contributed by atoms with Crippen molar-refractivity contribution in [2.24, 2.45) is 11.3 Å². The van der Waals surface area contributed by atoms with Crippen molar-refractivity contribution in [1.82, 2.24) is 5.32 Å². The van der Waals surface area contributed by atoms with E-state index in [4.69, 9.17) is 4.74 Å². The summed E-state index contributed by atoms with van der Waals surface area (Å²) in [5, 5.41) is 2.65. The summed E-state index contributed by atoms with van der Waals surface area (Å²) in [5.41, 5.74) is -0.407. The number of carbonyl (C=O) groups excluding carboxylic acids is 2. The summed E-state index contributed by atoms with van der Waals surface area (Å²) in [6, 6.07) is 0. The monoisotopic (exact) mass is 227 g/mol. The van der Waals surface area contributed by atoms with Crippen LogP contribution in [0.15, 0.2) is 0 Å². The first-order valence-corrected chi connectivity index (χ1v) is 5.75. The van der Waals surface area contributed by atoms with Crippen molar-refractivity contribution in [3.05, 3.63) is 0 Å². The van der Waals surface area contributed by atoms with Gasteiger partial charge >= 0.3 is 0 Å². The zero-order chi connectivity index (χ0) is 12.3. The standard InChI is InChI=1S/C12H21NO3/c1-8-5-6-16-10(8)11(15)13-7-9(14)12(2,3)4/h8,10H,5-7H2,1-4H3,(H,13,15). The smallest absolute Gasteiger partial charge is 0.249 e. The second-order valence-corrected chi connectivity index (χ2v) is 5.45. The van der Waals surface area contributed by atoms with Gasteiger partial charge in [-0.2, -0.15) is 0 Å². The van der Waals surface area contributed by atoms with Gasteiger partial charge in [0.15, 0.2) is 5.78 Å². The Morgan fingerprint density at radius 2 is 2.00 bits per heavy atom. The minimum Gasteiger partial charge on any atom is -0.368 e. The topological polar surface area (TPSA) is 55.4 Å². The Morgan fingerprint density at radius 3 is 2.44 bits per heavy atom. The van der Waals surface area contributed by atoms with E-state index in [1.54, 1.807) is 0 Å². The molecular formula is C12H21NO3. The van der Waals surface area contributed by atoms with Crippen molar-refractivity contribution in [1.29, 1.82) is 0 Å². The number of amides is 1. The lowest BCUT2D eigenvalue weighted by molar-refractivity contribution is -0.134. The van der Waals surface area contributed by atoms with Crippen LogP contribution < -0.4 is 5.32 Å². The molecule has 1 fully saturated rings. The summed E-state index contributed by atoms with van der Waals surface area (Å²) in [5.74, 6) is 0.110. The molecule has 0 spiro atoms. The maximum absolute atomic E-state index is 11.7. The molecule has 2 unspecified atom stereocenters. The second-order valence-electron chi connectivity index (χ2n) is 5.45. The Kier molecular flexibility index (Phi) is 4.08. The molecule has 1 saturated heterocycles. The van der Waals surface area contributed by atoms with Gasteiger partial charge in [0.2, 0.25) is 5.91 Å². The molecule has 1 heterocycles. The fraction of sp³-hybridized carbons (Fsp3) is 0.833. The van der Waals surface area contributed by atoms with Gasteiger partial charge in [-0.3, -0.25) is 9.59 Å². The van der Waals surface area contributed by atoms with Gasteiger partial charge in [-0.15, -0.1) is 0 Å². The van der Waals surface area contributed by atoms with E-state index in [2.05, 4.69) is 5.32 Å².